The third-order valence-corrected chi connectivity index (χ3v) is 4.23. The molecule has 1 aromatic rings. The van der Waals surface area contributed by atoms with Crippen LogP contribution in [0, 0.1) is 5.92 Å². The zero-order valence-electron chi connectivity index (χ0n) is 13.7. The van der Waals surface area contributed by atoms with Gasteiger partial charge in [0.1, 0.15) is 5.75 Å². The van der Waals surface area contributed by atoms with Crippen molar-refractivity contribution < 1.29 is 19.1 Å². The van der Waals surface area contributed by atoms with Gasteiger partial charge >= 0.3 is 5.97 Å². The molecule has 1 amide bonds. The van der Waals surface area contributed by atoms with Crippen LogP contribution in [-0.2, 0) is 14.3 Å². The van der Waals surface area contributed by atoms with Crippen LogP contribution in [0.15, 0.2) is 24.3 Å². The number of rotatable bonds is 7. The maximum absolute atomic E-state index is 11.8. The fourth-order valence-corrected chi connectivity index (χ4v) is 2.95. The van der Waals surface area contributed by atoms with Crippen LogP contribution in [0.5, 0.6) is 5.75 Å². The van der Waals surface area contributed by atoms with Crippen molar-refractivity contribution in [2.75, 3.05) is 19.0 Å². The Kier molecular flexibility index (Phi) is 6.91. The highest BCUT2D eigenvalue weighted by molar-refractivity contribution is 5.94. The zero-order valence-corrected chi connectivity index (χ0v) is 13.7. The Morgan fingerprint density at radius 1 is 1.17 bits per heavy atom. The first-order valence-electron chi connectivity index (χ1n) is 8.27. The quantitative estimate of drug-likeness (QED) is 0.781. The van der Waals surface area contributed by atoms with E-state index < -0.39 is 0 Å². The summed E-state index contributed by atoms with van der Waals surface area (Å²) in [5.41, 5.74) is 0.568. The Morgan fingerprint density at radius 2 is 1.91 bits per heavy atom. The van der Waals surface area contributed by atoms with Gasteiger partial charge in [0.05, 0.1) is 12.8 Å². The molecule has 126 valence electrons. The van der Waals surface area contributed by atoms with Gasteiger partial charge in [0.25, 0.3) is 5.91 Å². The second-order valence-corrected chi connectivity index (χ2v) is 5.95. The molecule has 0 aromatic heterocycles. The van der Waals surface area contributed by atoms with E-state index in [2.05, 4.69) is 5.32 Å². The van der Waals surface area contributed by atoms with Crippen molar-refractivity contribution in [1.29, 1.82) is 0 Å². The first-order chi connectivity index (χ1) is 11.2. The third-order valence-electron chi connectivity index (χ3n) is 4.23. The summed E-state index contributed by atoms with van der Waals surface area (Å²) in [5, 5.41) is 2.68. The number of ether oxygens (including phenoxy) is 2. The van der Waals surface area contributed by atoms with E-state index in [0.717, 1.165) is 6.42 Å². The van der Waals surface area contributed by atoms with Crippen molar-refractivity contribution in [3.8, 4) is 5.75 Å². The van der Waals surface area contributed by atoms with Gasteiger partial charge in [-0.15, -0.1) is 0 Å². The number of hydrogen-bond acceptors (Lipinski definition) is 4. The van der Waals surface area contributed by atoms with Crippen molar-refractivity contribution in [3.63, 3.8) is 0 Å². The Morgan fingerprint density at radius 3 is 2.65 bits per heavy atom. The first kappa shape index (κ1) is 17.3. The predicted molar refractivity (Wildman–Crippen MR) is 88.4 cm³/mol. The lowest BCUT2D eigenvalue weighted by Gasteiger charge is -2.20. The number of benzene rings is 1. The molecule has 1 aromatic carbocycles. The van der Waals surface area contributed by atoms with Gasteiger partial charge in [-0.3, -0.25) is 9.59 Å². The van der Waals surface area contributed by atoms with Crippen molar-refractivity contribution in [1.82, 2.24) is 0 Å². The molecule has 5 heteroatoms. The van der Waals surface area contributed by atoms with E-state index in [-0.39, 0.29) is 18.5 Å². The number of hydrogen-bond donors (Lipinski definition) is 1. The van der Waals surface area contributed by atoms with Crippen LogP contribution in [0.4, 0.5) is 5.69 Å². The minimum Gasteiger partial charge on any atom is -0.495 e. The number of amides is 1. The standard InChI is InChI=1S/C18H25NO4/c1-22-16-10-6-5-9-15(16)19-17(20)13-23-18(21)12-11-14-7-3-2-4-8-14/h5-6,9-10,14H,2-4,7-8,11-13H2,1H3,(H,19,20). The molecule has 23 heavy (non-hydrogen) atoms. The van der Waals surface area contributed by atoms with E-state index >= 15 is 0 Å². The Labute approximate surface area is 137 Å². The van der Waals surface area contributed by atoms with E-state index in [0.29, 0.717) is 23.8 Å². The van der Waals surface area contributed by atoms with Crippen molar-refractivity contribution in [2.24, 2.45) is 5.92 Å². The second kappa shape index (κ2) is 9.18. The van der Waals surface area contributed by atoms with Crippen LogP contribution in [0.2, 0.25) is 0 Å². The number of methoxy groups -OCH3 is 1. The Hall–Kier alpha value is -2.04. The van der Waals surface area contributed by atoms with Crippen LogP contribution in [0.1, 0.15) is 44.9 Å². The largest absolute Gasteiger partial charge is 0.495 e. The molecule has 0 heterocycles. The summed E-state index contributed by atoms with van der Waals surface area (Å²) in [6.07, 6.45) is 7.52. The first-order valence-corrected chi connectivity index (χ1v) is 8.27. The van der Waals surface area contributed by atoms with Gasteiger partial charge in [0, 0.05) is 6.42 Å². The van der Waals surface area contributed by atoms with E-state index in [4.69, 9.17) is 9.47 Å². The molecule has 0 radical (unpaired) electrons. The molecule has 1 fully saturated rings. The fraction of sp³-hybridized carbons (Fsp3) is 0.556. The molecule has 0 saturated heterocycles. The summed E-state index contributed by atoms with van der Waals surface area (Å²) in [4.78, 5) is 23.6. The summed E-state index contributed by atoms with van der Waals surface area (Å²) < 4.78 is 10.2. The van der Waals surface area contributed by atoms with Crippen molar-refractivity contribution in [2.45, 2.75) is 44.9 Å². The number of nitrogens with one attached hydrogen (secondary N) is 1. The molecule has 0 aliphatic heterocycles. The number of carbonyl (C=O) groups is 2. The lowest BCUT2D eigenvalue weighted by atomic mass is 9.86. The van der Waals surface area contributed by atoms with E-state index in [1.165, 1.54) is 39.2 Å². The molecule has 0 bridgehead atoms. The maximum atomic E-state index is 11.8. The molecule has 2 rings (SSSR count). The summed E-state index contributed by atoms with van der Waals surface area (Å²) >= 11 is 0. The molecular formula is C18H25NO4. The van der Waals surface area contributed by atoms with Gasteiger partial charge in [-0.05, 0) is 24.5 Å². The van der Waals surface area contributed by atoms with E-state index in [9.17, 15) is 9.59 Å². The normalized spacial score (nSPS) is 15.0. The lowest BCUT2D eigenvalue weighted by Crippen LogP contribution is -2.21. The van der Waals surface area contributed by atoms with Gasteiger partial charge in [-0.1, -0.05) is 44.2 Å². The Balaban J connectivity index is 1.68. The highest BCUT2D eigenvalue weighted by Gasteiger charge is 2.16. The van der Waals surface area contributed by atoms with Crippen LogP contribution in [0.3, 0.4) is 0 Å². The summed E-state index contributed by atoms with van der Waals surface area (Å²) in [5.74, 6) is 0.550. The van der Waals surface area contributed by atoms with Gasteiger partial charge in [-0.25, -0.2) is 0 Å². The maximum Gasteiger partial charge on any atom is 0.306 e. The van der Waals surface area contributed by atoms with Crippen molar-refractivity contribution in [3.05, 3.63) is 24.3 Å². The second-order valence-electron chi connectivity index (χ2n) is 5.95. The van der Waals surface area contributed by atoms with E-state index in [1.807, 2.05) is 6.07 Å². The van der Waals surface area contributed by atoms with Crippen LogP contribution >= 0.6 is 0 Å². The molecule has 1 aliphatic rings. The van der Waals surface area contributed by atoms with Gasteiger partial charge in [0.15, 0.2) is 6.61 Å². The average Bonchev–Trinajstić information content (AvgIpc) is 2.59. The minimum absolute atomic E-state index is 0.262. The van der Waals surface area contributed by atoms with Crippen LogP contribution in [0.25, 0.3) is 0 Å². The van der Waals surface area contributed by atoms with Crippen LogP contribution in [-0.4, -0.2) is 25.6 Å². The number of para-hydroxylation sites is 2. The molecule has 0 unspecified atom stereocenters. The zero-order chi connectivity index (χ0) is 16.5. The molecular weight excluding hydrogens is 294 g/mol. The molecule has 5 nitrogen and oxygen atoms in total. The third kappa shape index (κ3) is 5.93. The number of anilines is 1. The molecule has 1 aliphatic carbocycles. The van der Waals surface area contributed by atoms with Gasteiger partial charge in [0.2, 0.25) is 0 Å². The summed E-state index contributed by atoms with van der Waals surface area (Å²) in [6, 6.07) is 7.11. The Bertz CT molecular complexity index is 524. The monoisotopic (exact) mass is 319 g/mol. The SMILES string of the molecule is COc1ccccc1NC(=O)COC(=O)CCC1CCCCC1. The lowest BCUT2D eigenvalue weighted by molar-refractivity contribution is -0.147. The molecule has 0 spiro atoms. The number of carbonyl (C=O) groups excluding carboxylic acids is 2. The molecule has 1 N–H and O–H groups in total. The highest BCUT2D eigenvalue weighted by atomic mass is 16.5. The molecule has 0 atom stereocenters. The predicted octanol–water partition coefficient (Wildman–Crippen LogP) is 3.54. The fourth-order valence-electron chi connectivity index (χ4n) is 2.95. The molecule has 1 saturated carbocycles. The van der Waals surface area contributed by atoms with E-state index in [1.54, 1.807) is 18.2 Å². The highest BCUT2D eigenvalue weighted by Crippen LogP contribution is 2.27. The number of esters is 1. The van der Waals surface area contributed by atoms with Gasteiger partial charge in [-0.2, -0.15) is 0 Å². The smallest absolute Gasteiger partial charge is 0.306 e. The van der Waals surface area contributed by atoms with Crippen molar-refractivity contribution >= 4 is 17.6 Å². The van der Waals surface area contributed by atoms with Crippen LogP contribution < -0.4 is 10.1 Å². The summed E-state index contributed by atoms with van der Waals surface area (Å²) in [7, 11) is 1.54. The topological polar surface area (TPSA) is 64.6 Å². The summed E-state index contributed by atoms with van der Waals surface area (Å²) in [6.45, 7) is -0.262. The minimum atomic E-state index is -0.361. The average molecular weight is 319 g/mol. The van der Waals surface area contributed by atoms with Gasteiger partial charge < -0.3 is 14.8 Å².